The molecule has 0 spiro atoms. The number of rotatable bonds is 4. The van der Waals surface area contributed by atoms with Crippen molar-refractivity contribution in [2.24, 2.45) is 5.10 Å². The molecule has 5 nitrogen and oxygen atoms in total. The van der Waals surface area contributed by atoms with Crippen molar-refractivity contribution in [1.82, 2.24) is 14.9 Å². The Bertz CT molecular complexity index is 680. The molecule has 0 radical (unpaired) electrons. The van der Waals surface area contributed by atoms with Crippen molar-refractivity contribution in [2.75, 3.05) is 6.61 Å². The zero-order valence-corrected chi connectivity index (χ0v) is 12.8. The number of nitrogens with zero attached hydrogens (tertiary/aromatic N) is 3. The third-order valence-corrected chi connectivity index (χ3v) is 3.87. The Morgan fingerprint density at radius 2 is 2.29 bits per heavy atom. The second kappa shape index (κ2) is 6.32. The highest BCUT2D eigenvalue weighted by Gasteiger charge is 2.23. The Hall–Kier alpha value is -1.79. The predicted molar refractivity (Wildman–Crippen MR) is 84.2 cm³/mol. The fraction of sp³-hybridized carbons (Fsp3) is 0.400. The van der Waals surface area contributed by atoms with Crippen LogP contribution in [0, 0.1) is 4.77 Å². The third kappa shape index (κ3) is 3.11. The molecular formula is C15H18N4OS. The minimum atomic E-state index is -0.0161. The summed E-state index contributed by atoms with van der Waals surface area (Å²) in [5.41, 5.74) is 2.35. The van der Waals surface area contributed by atoms with Crippen LogP contribution >= 0.6 is 12.2 Å². The van der Waals surface area contributed by atoms with Crippen LogP contribution in [0.5, 0.6) is 0 Å². The number of nitrogens with one attached hydrogen (secondary N) is 1. The molecule has 1 aliphatic heterocycles. The summed E-state index contributed by atoms with van der Waals surface area (Å²) >= 11 is 5.24. The van der Waals surface area contributed by atoms with Gasteiger partial charge in [0.25, 0.3) is 0 Å². The Labute approximate surface area is 128 Å². The fourth-order valence-corrected chi connectivity index (χ4v) is 2.56. The van der Waals surface area contributed by atoms with E-state index in [0.717, 1.165) is 37.3 Å². The summed E-state index contributed by atoms with van der Waals surface area (Å²) in [5, 5.41) is 11.5. The molecule has 1 atom stereocenters. The summed E-state index contributed by atoms with van der Waals surface area (Å²) in [6.07, 6.45) is 4.82. The Balaban J connectivity index is 1.84. The lowest BCUT2D eigenvalue weighted by molar-refractivity contribution is 0.102. The number of H-pyrrole nitrogens is 1. The van der Waals surface area contributed by atoms with Gasteiger partial charge in [-0.2, -0.15) is 14.9 Å². The first-order chi connectivity index (χ1) is 10.3. The highest BCUT2D eigenvalue weighted by atomic mass is 32.1. The van der Waals surface area contributed by atoms with Crippen LogP contribution in [0.1, 0.15) is 42.8 Å². The molecular weight excluding hydrogens is 284 g/mol. The molecule has 110 valence electrons. The van der Waals surface area contributed by atoms with Gasteiger partial charge in [0.2, 0.25) is 4.77 Å². The third-order valence-electron chi connectivity index (χ3n) is 3.60. The molecule has 1 fully saturated rings. The van der Waals surface area contributed by atoms with E-state index in [4.69, 9.17) is 17.0 Å². The van der Waals surface area contributed by atoms with Crippen LogP contribution in [0.25, 0.3) is 0 Å². The largest absolute Gasteiger partial charge is 0.370 e. The molecule has 1 N–H and O–H groups in total. The summed E-state index contributed by atoms with van der Waals surface area (Å²) in [5.74, 6) is 0.749. The van der Waals surface area contributed by atoms with E-state index < -0.39 is 0 Å². The second-order valence-electron chi connectivity index (χ2n) is 5.04. The maximum atomic E-state index is 5.65. The van der Waals surface area contributed by atoms with Crippen LogP contribution < -0.4 is 0 Å². The molecule has 0 unspecified atom stereocenters. The minimum Gasteiger partial charge on any atom is -0.370 e. The van der Waals surface area contributed by atoms with Gasteiger partial charge < -0.3 is 4.74 Å². The van der Waals surface area contributed by atoms with Crippen molar-refractivity contribution in [1.29, 1.82) is 0 Å². The van der Waals surface area contributed by atoms with Crippen molar-refractivity contribution in [3.63, 3.8) is 0 Å². The lowest BCUT2D eigenvalue weighted by Gasteiger charge is -2.07. The van der Waals surface area contributed by atoms with Crippen LogP contribution in [0.15, 0.2) is 29.4 Å². The highest BCUT2D eigenvalue weighted by molar-refractivity contribution is 7.71. The first kappa shape index (κ1) is 14.2. The summed E-state index contributed by atoms with van der Waals surface area (Å²) < 4.78 is 7.79. The molecule has 0 amide bonds. The van der Waals surface area contributed by atoms with Crippen LogP contribution in [0.4, 0.5) is 0 Å². The van der Waals surface area contributed by atoms with Crippen molar-refractivity contribution in [3.05, 3.63) is 46.0 Å². The van der Waals surface area contributed by atoms with Crippen LogP contribution in [-0.4, -0.2) is 27.7 Å². The smallest absolute Gasteiger partial charge is 0.216 e. The fourth-order valence-electron chi connectivity index (χ4n) is 2.37. The number of aryl methyl sites for hydroxylation is 1. The van der Waals surface area contributed by atoms with Crippen molar-refractivity contribution in [3.8, 4) is 0 Å². The molecule has 0 saturated carbocycles. The van der Waals surface area contributed by atoms with Crippen LogP contribution in [0.2, 0.25) is 0 Å². The summed E-state index contributed by atoms with van der Waals surface area (Å²) in [7, 11) is 0. The van der Waals surface area contributed by atoms with E-state index in [1.807, 2.05) is 0 Å². The molecule has 1 aromatic carbocycles. The number of benzene rings is 1. The normalized spacial score (nSPS) is 18.6. The SMILES string of the molecule is CCc1ccc(/C=N\n2c([C@@H]3CCCO3)n[nH]c2=S)cc1. The summed E-state index contributed by atoms with van der Waals surface area (Å²) in [6.45, 7) is 2.91. The Morgan fingerprint density at radius 1 is 1.48 bits per heavy atom. The van der Waals surface area contributed by atoms with E-state index in [2.05, 4.69) is 46.5 Å². The standard InChI is InChI=1S/C15H18N4OS/c1-2-11-5-7-12(8-6-11)10-16-19-14(17-18-15(19)21)13-4-3-9-20-13/h5-8,10,13H,2-4,9H2,1H3,(H,18,21)/b16-10-/t13-/m0/s1. The van der Waals surface area contributed by atoms with Gasteiger partial charge in [-0.05, 0) is 42.6 Å². The molecule has 1 aliphatic rings. The highest BCUT2D eigenvalue weighted by Crippen LogP contribution is 2.26. The van der Waals surface area contributed by atoms with E-state index >= 15 is 0 Å². The molecule has 0 bridgehead atoms. The maximum Gasteiger partial charge on any atom is 0.216 e. The zero-order valence-electron chi connectivity index (χ0n) is 12.0. The van der Waals surface area contributed by atoms with Gasteiger partial charge in [-0.15, -0.1) is 0 Å². The maximum absolute atomic E-state index is 5.65. The minimum absolute atomic E-state index is 0.0161. The average molecular weight is 302 g/mol. The first-order valence-electron chi connectivity index (χ1n) is 7.20. The van der Waals surface area contributed by atoms with Gasteiger partial charge in [0.05, 0.1) is 6.21 Å². The van der Waals surface area contributed by atoms with Gasteiger partial charge in [0.15, 0.2) is 5.82 Å². The Kier molecular flexibility index (Phi) is 4.26. The van der Waals surface area contributed by atoms with Crippen LogP contribution in [0.3, 0.4) is 0 Å². The van der Waals surface area contributed by atoms with Gasteiger partial charge in [-0.1, -0.05) is 31.2 Å². The van der Waals surface area contributed by atoms with E-state index in [9.17, 15) is 0 Å². The molecule has 0 aliphatic carbocycles. The number of aromatic amines is 1. The first-order valence-corrected chi connectivity index (χ1v) is 7.61. The molecule has 1 aromatic heterocycles. The Morgan fingerprint density at radius 3 is 2.95 bits per heavy atom. The van der Waals surface area contributed by atoms with Gasteiger partial charge in [0.1, 0.15) is 6.10 Å². The summed E-state index contributed by atoms with van der Waals surface area (Å²) in [4.78, 5) is 0. The lowest BCUT2D eigenvalue weighted by atomic mass is 10.1. The second-order valence-corrected chi connectivity index (χ2v) is 5.43. The number of ether oxygens (including phenoxy) is 1. The van der Waals surface area contributed by atoms with Gasteiger partial charge >= 0.3 is 0 Å². The molecule has 2 aromatic rings. The molecule has 6 heteroatoms. The van der Waals surface area contributed by atoms with E-state index in [1.54, 1.807) is 10.9 Å². The molecule has 3 rings (SSSR count). The predicted octanol–water partition coefficient (Wildman–Crippen LogP) is 3.24. The topological polar surface area (TPSA) is 55.2 Å². The number of hydrogen-bond donors (Lipinski definition) is 1. The van der Waals surface area contributed by atoms with E-state index in [0.29, 0.717) is 4.77 Å². The van der Waals surface area contributed by atoms with Crippen molar-refractivity contribution in [2.45, 2.75) is 32.3 Å². The van der Waals surface area contributed by atoms with Crippen molar-refractivity contribution < 1.29 is 4.74 Å². The molecule has 2 heterocycles. The average Bonchev–Trinajstić information content (AvgIpc) is 3.15. The lowest BCUT2D eigenvalue weighted by Crippen LogP contribution is -2.05. The van der Waals surface area contributed by atoms with Gasteiger partial charge in [0, 0.05) is 6.61 Å². The summed E-state index contributed by atoms with van der Waals surface area (Å²) in [6, 6.07) is 8.32. The van der Waals surface area contributed by atoms with Gasteiger partial charge in [-0.3, -0.25) is 5.10 Å². The number of aromatic nitrogens is 3. The van der Waals surface area contributed by atoms with Crippen molar-refractivity contribution >= 4 is 18.4 Å². The molecule has 21 heavy (non-hydrogen) atoms. The van der Waals surface area contributed by atoms with E-state index in [-0.39, 0.29) is 6.10 Å². The monoisotopic (exact) mass is 302 g/mol. The number of hydrogen-bond acceptors (Lipinski definition) is 4. The quantitative estimate of drug-likeness (QED) is 0.697. The molecule has 1 saturated heterocycles. The van der Waals surface area contributed by atoms with Crippen LogP contribution in [-0.2, 0) is 11.2 Å². The van der Waals surface area contributed by atoms with Gasteiger partial charge in [-0.25, -0.2) is 0 Å². The zero-order chi connectivity index (χ0) is 14.7. The van der Waals surface area contributed by atoms with E-state index in [1.165, 1.54) is 5.56 Å².